The van der Waals surface area contributed by atoms with Crippen LogP contribution in [0.25, 0.3) is 0 Å². The minimum absolute atomic E-state index is 0.0171. The molecule has 2 aliphatic heterocycles. The lowest BCUT2D eigenvalue weighted by atomic mass is 9.80. The minimum Gasteiger partial charge on any atom is -0.396 e. The number of ether oxygens (including phenoxy) is 2. The van der Waals surface area contributed by atoms with Gasteiger partial charge in [0, 0.05) is 5.41 Å². The summed E-state index contributed by atoms with van der Waals surface area (Å²) in [6.45, 7) is 1.58. The van der Waals surface area contributed by atoms with E-state index in [4.69, 9.17) is 9.47 Å². The summed E-state index contributed by atoms with van der Waals surface area (Å²) in [5.41, 5.74) is -0.387. The van der Waals surface area contributed by atoms with Crippen LogP contribution in [0.3, 0.4) is 0 Å². The van der Waals surface area contributed by atoms with Gasteiger partial charge >= 0.3 is 0 Å². The second-order valence-corrected chi connectivity index (χ2v) is 4.14. The average Bonchev–Trinajstić information content (AvgIpc) is 2.98. The van der Waals surface area contributed by atoms with E-state index >= 15 is 0 Å². The van der Waals surface area contributed by atoms with Gasteiger partial charge in [-0.25, -0.2) is 0 Å². The molecule has 13 heavy (non-hydrogen) atoms. The fourth-order valence-electron chi connectivity index (χ4n) is 1.73. The zero-order chi connectivity index (χ0) is 9.31. The molecule has 0 aliphatic carbocycles. The molecular weight excluding hydrogens is 172 g/mol. The van der Waals surface area contributed by atoms with E-state index in [0.717, 1.165) is 26.1 Å². The Labute approximate surface area is 77.5 Å². The molecule has 76 valence electrons. The third kappa shape index (κ3) is 2.40. The first-order chi connectivity index (χ1) is 6.28. The molecule has 0 amide bonds. The van der Waals surface area contributed by atoms with Crippen LogP contribution in [0.5, 0.6) is 0 Å². The number of hydrogen-bond acceptors (Lipinski definition) is 4. The van der Waals surface area contributed by atoms with Crippen LogP contribution < -0.4 is 0 Å². The van der Waals surface area contributed by atoms with Gasteiger partial charge in [0.05, 0.1) is 38.6 Å². The predicted octanol–water partition coefficient (Wildman–Crippen LogP) is -0.465. The molecule has 2 unspecified atom stereocenters. The lowest BCUT2D eigenvalue weighted by molar-refractivity contribution is 0.0273. The Morgan fingerprint density at radius 1 is 1.00 bits per heavy atom. The molecule has 0 aromatic heterocycles. The second-order valence-electron chi connectivity index (χ2n) is 4.14. The van der Waals surface area contributed by atoms with E-state index in [-0.39, 0.29) is 30.8 Å². The lowest BCUT2D eigenvalue weighted by Crippen LogP contribution is -2.33. The van der Waals surface area contributed by atoms with Crippen molar-refractivity contribution in [1.29, 1.82) is 0 Å². The monoisotopic (exact) mass is 188 g/mol. The second kappa shape index (κ2) is 3.53. The molecule has 2 atom stereocenters. The van der Waals surface area contributed by atoms with Gasteiger partial charge < -0.3 is 19.7 Å². The average molecular weight is 188 g/mol. The van der Waals surface area contributed by atoms with Gasteiger partial charge in [-0.15, -0.1) is 0 Å². The van der Waals surface area contributed by atoms with Crippen LogP contribution in [0, 0.1) is 5.41 Å². The quantitative estimate of drug-likeness (QED) is 0.553. The van der Waals surface area contributed by atoms with Gasteiger partial charge in [-0.1, -0.05) is 0 Å². The largest absolute Gasteiger partial charge is 0.396 e. The number of epoxide rings is 2. The molecular formula is C9H16O4. The van der Waals surface area contributed by atoms with Crippen LogP contribution in [0.1, 0.15) is 12.8 Å². The Hall–Kier alpha value is -0.160. The van der Waals surface area contributed by atoms with Crippen molar-refractivity contribution in [2.24, 2.45) is 5.41 Å². The maximum atomic E-state index is 9.26. The molecule has 0 spiro atoms. The summed E-state index contributed by atoms with van der Waals surface area (Å²) in [6.07, 6.45) is 2.00. The summed E-state index contributed by atoms with van der Waals surface area (Å²) >= 11 is 0. The van der Waals surface area contributed by atoms with Gasteiger partial charge in [-0.3, -0.25) is 0 Å². The maximum Gasteiger partial charge on any atom is 0.0817 e. The fraction of sp³-hybridized carbons (Fsp3) is 1.00. The van der Waals surface area contributed by atoms with E-state index in [0.29, 0.717) is 0 Å². The van der Waals surface area contributed by atoms with Gasteiger partial charge in [0.15, 0.2) is 0 Å². The highest BCUT2D eigenvalue weighted by atomic mass is 16.6. The van der Waals surface area contributed by atoms with E-state index in [1.54, 1.807) is 0 Å². The van der Waals surface area contributed by atoms with Crippen LogP contribution in [0.2, 0.25) is 0 Å². The van der Waals surface area contributed by atoms with Gasteiger partial charge in [0.25, 0.3) is 0 Å². The number of rotatable bonds is 6. The summed E-state index contributed by atoms with van der Waals surface area (Å²) in [7, 11) is 0. The Kier molecular flexibility index (Phi) is 2.55. The van der Waals surface area contributed by atoms with E-state index in [1.807, 2.05) is 0 Å². The smallest absolute Gasteiger partial charge is 0.0817 e. The molecule has 2 fully saturated rings. The van der Waals surface area contributed by atoms with E-state index in [2.05, 4.69) is 0 Å². The van der Waals surface area contributed by atoms with Gasteiger partial charge in [0.2, 0.25) is 0 Å². The van der Waals surface area contributed by atoms with Crippen LogP contribution in [0.4, 0.5) is 0 Å². The molecule has 4 nitrogen and oxygen atoms in total. The fourth-order valence-corrected chi connectivity index (χ4v) is 1.73. The Morgan fingerprint density at radius 2 is 1.38 bits per heavy atom. The highest BCUT2D eigenvalue weighted by Gasteiger charge is 2.41. The van der Waals surface area contributed by atoms with Crippen molar-refractivity contribution in [2.45, 2.75) is 25.0 Å². The summed E-state index contributed by atoms with van der Waals surface area (Å²) in [5, 5.41) is 18.5. The number of hydrogen-bond donors (Lipinski definition) is 2. The van der Waals surface area contributed by atoms with E-state index < -0.39 is 0 Å². The van der Waals surface area contributed by atoms with Crippen molar-refractivity contribution in [3.8, 4) is 0 Å². The highest BCUT2D eigenvalue weighted by molar-refractivity contribution is 4.90. The summed E-state index contributed by atoms with van der Waals surface area (Å²) in [4.78, 5) is 0. The zero-order valence-electron chi connectivity index (χ0n) is 7.61. The summed E-state index contributed by atoms with van der Waals surface area (Å²) in [6, 6.07) is 0. The first kappa shape index (κ1) is 9.40. The number of aliphatic hydroxyl groups excluding tert-OH is 2. The van der Waals surface area contributed by atoms with Gasteiger partial charge in [0.1, 0.15) is 0 Å². The lowest BCUT2D eigenvalue weighted by Gasteiger charge is -2.28. The predicted molar refractivity (Wildman–Crippen MR) is 45.3 cm³/mol. The molecule has 0 aromatic rings. The first-order valence-electron chi connectivity index (χ1n) is 4.73. The van der Waals surface area contributed by atoms with Crippen molar-refractivity contribution in [1.82, 2.24) is 0 Å². The van der Waals surface area contributed by atoms with Crippen molar-refractivity contribution >= 4 is 0 Å². The topological polar surface area (TPSA) is 65.5 Å². The molecule has 2 heterocycles. The molecule has 2 aliphatic rings. The molecule has 2 rings (SSSR count). The van der Waals surface area contributed by atoms with E-state index in [9.17, 15) is 10.2 Å². The Morgan fingerprint density at radius 3 is 1.62 bits per heavy atom. The highest BCUT2D eigenvalue weighted by Crippen LogP contribution is 2.36. The SMILES string of the molecule is OCC(CO)(CC1CO1)CC1CO1. The summed E-state index contributed by atoms with van der Waals surface area (Å²) in [5.74, 6) is 0. The minimum atomic E-state index is -0.387. The standard InChI is InChI=1S/C9H16O4/c10-5-9(6-11,1-7-3-12-7)2-8-4-13-8/h7-8,10-11H,1-6H2. The first-order valence-corrected chi connectivity index (χ1v) is 4.73. The molecule has 0 saturated carbocycles. The van der Waals surface area contributed by atoms with Crippen molar-refractivity contribution in [2.75, 3.05) is 26.4 Å². The van der Waals surface area contributed by atoms with Crippen LogP contribution in [0.15, 0.2) is 0 Å². The number of aliphatic hydroxyl groups is 2. The molecule has 0 aromatic carbocycles. The van der Waals surface area contributed by atoms with Crippen LogP contribution >= 0.6 is 0 Å². The normalized spacial score (nSPS) is 31.8. The zero-order valence-corrected chi connectivity index (χ0v) is 7.61. The maximum absolute atomic E-state index is 9.26. The van der Waals surface area contributed by atoms with Gasteiger partial charge in [-0.2, -0.15) is 0 Å². The molecule has 0 radical (unpaired) electrons. The molecule has 2 saturated heterocycles. The molecule has 4 heteroatoms. The Bertz CT molecular complexity index is 154. The Balaban J connectivity index is 1.88. The van der Waals surface area contributed by atoms with Crippen LogP contribution in [-0.2, 0) is 9.47 Å². The van der Waals surface area contributed by atoms with Crippen LogP contribution in [-0.4, -0.2) is 48.8 Å². The third-order valence-electron chi connectivity index (χ3n) is 2.80. The van der Waals surface area contributed by atoms with E-state index in [1.165, 1.54) is 0 Å². The third-order valence-corrected chi connectivity index (χ3v) is 2.80. The molecule has 0 bridgehead atoms. The van der Waals surface area contributed by atoms with Crippen molar-refractivity contribution in [3.63, 3.8) is 0 Å². The van der Waals surface area contributed by atoms with Gasteiger partial charge in [-0.05, 0) is 12.8 Å². The van der Waals surface area contributed by atoms with Crippen molar-refractivity contribution < 1.29 is 19.7 Å². The summed E-state index contributed by atoms with van der Waals surface area (Å²) < 4.78 is 10.2. The van der Waals surface area contributed by atoms with Crippen molar-refractivity contribution in [3.05, 3.63) is 0 Å². The molecule has 2 N–H and O–H groups in total.